The van der Waals surface area contributed by atoms with E-state index in [4.69, 9.17) is 18.9 Å². The van der Waals surface area contributed by atoms with Crippen molar-refractivity contribution in [1.29, 1.82) is 0 Å². The Morgan fingerprint density at radius 2 is 1.91 bits per heavy atom. The third-order valence-electron chi connectivity index (χ3n) is 9.59. The second-order valence-corrected chi connectivity index (χ2v) is 13.8. The second kappa shape index (κ2) is 14.2. The zero-order valence-electron chi connectivity index (χ0n) is 27.4. The van der Waals surface area contributed by atoms with Crippen molar-refractivity contribution in [3.05, 3.63) is 31.0 Å². The number of alkyl carbamates (subject to hydrolysis) is 1. The van der Waals surface area contributed by atoms with Crippen LogP contribution >= 0.6 is 0 Å². The molecule has 2 fully saturated rings. The summed E-state index contributed by atoms with van der Waals surface area (Å²) in [6.45, 7) is 9.61. The molecular weight excluding hydrogens is 637 g/mol. The Hall–Kier alpha value is -2.70. The molecule has 2 amide bonds. The van der Waals surface area contributed by atoms with Crippen LogP contribution in [0.15, 0.2) is 18.2 Å². The van der Waals surface area contributed by atoms with Crippen molar-refractivity contribution in [3.63, 3.8) is 0 Å². The number of alkyl halides is 2. The van der Waals surface area contributed by atoms with Crippen LogP contribution in [0.25, 0.3) is 11.0 Å². The van der Waals surface area contributed by atoms with Gasteiger partial charge in [0.2, 0.25) is 11.8 Å². The molecule has 46 heavy (non-hydrogen) atoms. The summed E-state index contributed by atoms with van der Waals surface area (Å²) in [5, 5.41) is 2.84. The maximum Gasteiger partial charge on any atom is 0.408 e. The molecule has 2 bridgehead atoms. The van der Waals surface area contributed by atoms with Crippen molar-refractivity contribution in [2.24, 2.45) is 17.3 Å². The first-order chi connectivity index (χ1) is 21.3. The number of carbonyl (C=O) groups is 2. The normalized spacial score (nSPS) is 32.1. The van der Waals surface area contributed by atoms with Crippen molar-refractivity contribution in [2.45, 2.75) is 103 Å². The Kier molecular flexibility index (Phi) is 11.2. The number of fused-ring (bicyclic) bond motifs is 5. The molecule has 1 saturated carbocycles. The summed E-state index contributed by atoms with van der Waals surface area (Å²) in [4.78, 5) is 38.2. The van der Waals surface area contributed by atoms with Gasteiger partial charge in [-0.15, -0.1) is 0 Å². The molecule has 1 radical (unpaired) electrons. The van der Waals surface area contributed by atoms with Gasteiger partial charge in [-0.2, -0.15) is 0 Å². The molecule has 0 spiro atoms. The molecule has 1 aromatic carbocycles. The number of benzene rings is 1. The average molecular weight is 683 g/mol. The third-order valence-corrected chi connectivity index (χ3v) is 9.59. The summed E-state index contributed by atoms with van der Waals surface area (Å²) in [7, 11) is 5.07. The van der Waals surface area contributed by atoms with Gasteiger partial charge in [-0.1, -0.05) is 34.1 Å². The van der Waals surface area contributed by atoms with Crippen LogP contribution in [-0.4, -0.2) is 77.1 Å². The average Bonchev–Trinajstić information content (AvgIpc) is 3.49. The summed E-state index contributed by atoms with van der Waals surface area (Å²) < 4.78 is 54.4. The van der Waals surface area contributed by atoms with Crippen LogP contribution in [0.5, 0.6) is 11.6 Å². The van der Waals surface area contributed by atoms with E-state index >= 15 is 8.78 Å². The maximum absolute atomic E-state index is 16.0. The van der Waals surface area contributed by atoms with Crippen LogP contribution < -0.4 is 14.8 Å². The molecule has 10 nitrogen and oxygen atoms in total. The van der Waals surface area contributed by atoms with Gasteiger partial charge in [-0.05, 0) is 50.2 Å². The Bertz CT molecular complexity index is 1410. The van der Waals surface area contributed by atoms with Gasteiger partial charge in [0.25, 0.3) is 0 Å². The van der Waals surface area contributed by atoms with E-state index in [0.717, 1.165) is 0 Å². The monoisotopic (exact) mass is 682 g/mol. The number of halogens is 2. The number of nitrogens with zero attached hydrogens (tertiary/aromatic N) is 3. The molecule has 1 N–H and O–H groups in total. The Balaban J connectivity index is 0.00000480. The second-order valence-electron chi connectivity index (χ2n) is 13.8. The SMILES string of the molecule is [CH2-]OC[C@@H]1C(CC)[C@@H]2CN1C(=O)[C@H](C(C)(C)C)NC(=O)O[C@]1(C)C[C@H]1CCCC(F)C(F)c1nc3ccc(OC)cc3nc1O2.[V]. The molecule has 2 aliphatic heterocycles. The molecule has 1 saturated heterocycles. The molecule has 253 valence electrons. The van der Waals surface area contributed by atoms with Crippen LogP contribution in [0.3, 0.4) is 0 Å². The van der Waals surface area contributed by atoms with Gasteiger partial charge >= 0.3 is 6.09 Å². The number of nitrogens with one attached hydrogen (secondary N) is 1. The molecule has 5 rings (SSSR count). The predicted molar refractivity (Wildman–Crippen MR) is 163 cm³/mol. The van der Waals surface area contributed by atoms with Crippen LogP contribution in [0.4, 0.5) is 13.6 Å². The van der Waals surface area contributed by atoms with Gasteiger partial charge in [0.05, 0.1) is 30.7 Å². The summed E-state index contributed by atoms with van der Waals surface area (Å²) in [5.41, 5.74) is -0.832. The smallest absolute Gasteiger partial charge is 0.408 e. The first-order valence-corrected chi connectivity index (χ1v) is 15.8. The third kappa shape index (κ3) is 7.39. The van der Waals surface area contributed by atoms with E-state index in [-0.39, 0.29) is 67.4 Å². The van der Waals surface area contributed by atoms with Crippen molar-refractivity contribution in [1.82, 2.24) is 20.2 Å². The fourth-order valence-corrected chi connectivity index (χ4v) is 6.77. The van der Waals surface area contributed by atoms with Gasteiger partial charge in [-0.25, -0.2) is 30.7 Å². The Labute approximate surface area is 281 Å². The molecule has 3 aliphatic rings. The van der Waals surface area contributed by atoms with Crippen molar-refractivity contribution < 1.29 is 55.9 Å². The number of methoxy groups -OCH3 is 1. The molecular formula is C33H45F2N4O6V-. The topological polar surface area (TPSA) is 112 Å². The van der Waals surface area contributed by atoms with E-state index in [0.29, 0.717) is 42.5 Å². The van der Waals surface area contributed by atoms with E-state index in [1.54, 1.807) is 23.1 Å². The minimum Gasteiger partial charge on any atom is -0.554 e. The molecule has 13 heteroatoms. The number of rotatable bonds is 4. The fourth-order valence-electron chi connectivity index (χ4n) is 6.77. The van der Waals surface area contributed by atoms with E-state index < -0.39 is 47.6 Å². The number of carbonyl (C=O) groups excluding carboxylic acids is 2. The van der Waals surface area contributed by atoms with E-state index in [9.17, 15) is 9.59 Å². The molecule has 1 aromatic heterocycles. The van der Waals surface area contributed by atoms with Gasteiger partial charge in [-0.3, -0.25) is 4.79 Å². The zero-order chi connectivity index (χ0) is 32.7. The first kappa shape index (κ1) is 36.1. The van der Waals surface area contributed by atoms with E-state index in [1.807, 2.05) is 34.6 Å². The number of ether oxygens (including phenoxy) is 4. The quantitative estimate of drug-likeness (QED) is 0.398. The minimum absolute atomic E-state index is 0. The zero-order valence-corrected chi connectivity index (χ0v) is 28.8. The number of hydrogen-bond acceptors (Lipinski definition) is 8. The van der Waals surface area contributed by atoms with Crippen LogP contribution in [0, 0.1) is 24.4 Å². The number of hydrogen-bond donors (Lipinski definition) is 1. The number of amides is 2. The Morgan fingerprint density at radius 1 is 1.17 bits per heavy atom. The van der Waals surface area contributed by atoms with Crippen LogP contribution in [0.2, 0.25) is 0 Å². The van der Waals surface area contributed by atoms with Crippen molar-refractivity contribution >= 4 is 23.0 Å². The molecule has 3 unspecified atom stereocenters. The first-order valence-electron chi connectivity index (χ1n) is 15.8. The fraction of sp³-hybridized carbons (Fsp3) is 0.667. The minimum atomic E-state index is -2.09. The van der Waals surface area contributed by atoms with Crippen LogP contribution in [-0.2, 0) is 32.8 Å². The standard InChI is InChI=1S/C33H45F2N4O6.V/c1-8-20-24(17-42-6)39-16-25(20)44-29-27(36-22-13-12-19(43-7)14-23(22)37-29)26(35)21(34)11-9-10-18-15-33(18,5)45-31(41)38-28(30(39)40)32(2,3)4;/h12-14,18,20-21,24-26,28H,6,8-11,15-17H2,1-5,7H3,(H,38,41);/q-1;/t18-,20?,21?,24-,25+,26?,28-,33-;/m1./s1. The van der Waals surface area contributed by atoms with Crippen molar-refractivity contribution in [3.8, 4) is 11.6 Å². The van der Waals surface area contributed by atoms with Gasteiger partial charge in [0.1, 0.15) is 35.4 Å². The maximum atomic E-state index is 16.0. The number of aromatic nitrogens is 2. The van der Waals surface area contributed by atoms with Gasteiger partial charge < -0.3 is 29.2 Å². The van der Waals surface area contributed by atoms with E-state index in [2.05, 4.69) is 22.4 Å². The molecule has 3 heterocycles. The summed E-state index contributed by atoms with van der Waals surface area (Å²) in [6, 6.07) is 3.60. The van der Waals surface area contributed by atoms with E-state index in [1.165, 1.54) is 7.11 Å². The Morgan fingerprint density at radius 3 is 2.57 bits per heavy atom. The van der Waals surface area contributed by atoms with Gasteiger partial charge in [0, 0.05) is 43.1 Å². The van der Waals surface area contributed by atoms with Crippen LogP contribution in [0.1, 0.15) is 78.6 Å². The molecule has 1 aliphatic carbocycles. The largest absolute Gasteiger partial charge is 0.554 e. The molecule has 8 atom stereocenters. The van der Waals surface area contributed by atoms with Gasteiger partial charge in [0.15, 0.2) is 6.17 Å². The molecule has 2 aromatic rings. The predicted octanol–water partition coefficient (Wildman–Crippen LogP) is 5.88. The van der Waals surface area contributed by atoms with Crippen molar-refractivity contribution in [2.75, 3.05) is 20.3 Å². The summed E-state index contributed by atoms with van der Waals surface area (Å²) in [5.74, 6) is -0.186. The summed E-state index contributed by atoms with van der Waals surface area (Å²) in [6.07, 6.45) is -3.18. The summed E-state index contributed by atoms with van der Waals surface area (Å²) >= 11 is 0.